The van der Waals surface area contributed by atoms with Crippen LogP contribution >= 0.6 is 0 Å². The molecular weight excluding hydrogens is 190 g/mol. The molecular formula is C11H11N3O. The number of nitrogens with one attached hydrogen (secondary N) is 1. The topological polar surface area (TPSA) is 61.7 Å². The van der Waals surface area contributed by atoms with Gasteiger partial charge in [0.05, 0.1) is 11.7 Å². The lowest BCUT2D eigenvalue weighted by atomic mass is 10.1. The van der Waals surface area contributed by atoms with Crippen LogP contribution in [0.3, 0.4) is 0 Å². The van der Waals surface area contributed by atoms with Crippen molar-refractivity contribution in [2.24, 2.45) is 0 Å². The van der Waals surface area contributed by atoms with Crippen LogP contribution in [-0.2, 0) is 0 Å². The minimum atomic E-state index is -0.808. The quantitative estimate of drug-likeness (QED) is 0.810. The Morgan fingerprint density at radius 3 is 3.00 bits per heavy atom. The largest absolute Gasteiger partial charge is 0.473 e. The number of benzene rings is 1. The highest BCUT2D eigenvalue weighted by Gasteiger charge is 2.18. The van der Waals surface area contributed by atoms with Gasteiger partial charge in [-0.15, -0.1) is 0 Å². The van der Waals surface area contributed by atoms with Gasteiger partial charge in [-0.05, 0) is 32.0 Å². The second kappa shape index (κ2) is 3.28. The molecule has 1 aromatic heterocycles. The number of fused-ring (bicyclic) bond motifs is 1. The van der Waals surface area contributed by atoms with E-state index in [2.05, 4.69) is 16.3 Å². The van der Waals surface area contributed by atoms with E-state index >= 15 is 0 Å². The number of hydrogen-bond acceptors (Lipinski definition) is 3. The number of H-pyrrole nitrogens is 1. The second-order valence-corrected chi connectivity index (χ2v) is 3.84. The fraction of sp³-hybridized carbons (Fsp3) is 0.273. The van der Waals surface area contributed by atoms with E-state index in [1.54, 1.807) is 20.0 Å². The van der Waals surface area contributed by atoms with Crippen molar-refractivity contribution in [3.05, 3.63) is 24.4 Å². The first kappa shape index (κ1) is 9.53. The van der Waals surface area contributed by atoms with Crippen LogP contribution in [0.4, 0.5) is 0 Å². The van der Waals surface area contributed by atoms with Gasteiger partial charge in [0.25, 0.3) is 0 Å². The van der Waals surface area contributed by atoms with Crippen LogP contribution in [0.5, 0.6) is 5.75 Å². The summed E-state index contributed by atoms with van der Waals surface area (Å²) in [6.45, 7) is 3.46. The average molecular weight is 201 g/mol. The van der Waals surface area contributed by atoms with E-state index in [4.69, 9.17) is 10.00 Å². The second-order valence-electron chi connectivity index (χ2n) is 3.84. The Labute approximate surface area is 87.5 Å². The molecule has 0 aliphatic rings. The van der Waals surface area contributed by atoms with Gasteiger partial charge in [0.15, 0.2) is 5.60 Å². The van der Waals surface area contributed by atoms with E-state index in [-0.39, 0.29) is 0 Å². The molecule has 0 aliphatic carbocycles. The molecule has 0 fully saturated rings. The molecule has 1 aromatic carbocycles. The van der Waals surface area contributed by atoms with Gasteiger partial charge in [-0.2, -0.15) is 10.4 Å². The Kier molecular flexibility index (Phi) is 2.09. The van der Waals surface area contributed by atoms with Crippen molar-refractivity contribution in [3.8, 4) is 11.8 Å². The molecule has 4 nitrogen and oxygen atoms in total. The van der Waals surface area contributed by atoms with Gasteiger partial charge >= 0.3 is 0 Å². The number of hydrogen-bond donors (Lipinski definition) is 1. The van der Waals surface area contributed by atoms with Gasteiger partial charge in [-0.3, -0.25) is 5.10 Å². The number of ether oxygens (including phenoxy) is 1. The summed E-state index contributed by atoms with van der Waals surface area (Å²) in [4.78, 5) is 0. The molecule has 0 saturated heterocycles. The summed E-state index contributed by atoms with van der Waals surface area (Å²) in [7, 11) is 0. The van der Waals surface area contributed by atoms with Crippen LogP contribution < -0.4 is 4.74 Å². The molecule has 1 heterocycles. The zero-order chi connectivity index (χ0) is 10.9. The maximum Gasteiger partial charge on any atom is 0.188 e. The van der Waals surface area contributed by atoms with Gasteiger partial charge in [0.2, 0.25) is 0 Å². The Bertz CT molecular complexity index is 522. The summed E-state index contributed by atoms with van der Waals surface area (Å²) in [5, 5.41) is 16.6. The summed E-state index contributed by atoms with van der Waals surface area (Å²) >= 11 is 0. The molecule has 0 saturated carbocycles. The van der Waals surface area contributed by atoms with Gasteiger partial charge in [0, 0.05) is 5.39 Å². The van der Waals surface area contributed by atoms with Crippen molar-refractivity contribution in [2.45, 2.75) is 19.4 Å². The minimum Gasteiger partial charge on any atom is -0.473 e. The molecule has 0 amide bonds. The van der Waals surface area contributed by atoms with Crippen LogP contribution in [0.2, 0.25) is 0 Å². The number of aromatic nitrogens is 2. The first-order valence-corrected chi connectivity index (χ1v) is 4.64. The van der Waals surface area contributed by atoms with Crippen molar-refractivity contribution in [3.63, 3.8) is 0 Å². The van der Waals surface area contributed by atoms with E-state index < -0.39 is 5.60 Å². The van der Waals surface area contributed by atoms with E-state index in [9.17, 15) is 0 Å². The summed E-state index contributed by atoms with van der Waals surface area (Å²) in [6, 6.07) is 7.64. The van der Waals surface area contributed by atoms with E-state index in [0.29, 0.717) is 5.75 Å². The Balaban J connectivity index is 2.33. The number of nitrogens with zero attached hydrogens (tertiary/aromatic N) is 2. The monoisotopic (exact) mass is 201 g/mol. The third kappa shape index (κ3) is 1.91. The zero-order valence-corrected chi connectivity index (χ0v) is 8.61. The van der Waals surface area contributed by atoms with Gasteiger partial charge in [-0.25, -0.2) is 0 Å². The van der Waals surface area contributed by atoms with Gasteiger partial charge in [0.1, 0.15) is 11.8 Å². The van der Waals surface area contributed by atoms with E-state index in [1.807, 2.05) is 18.2 Å². The third-order valence-electron chi connectivity index (χ3n) is 2.05. The normalized spacial score (nSPS) is 11.3. The highest BCUT2D eigenvalue weighted by molar-refractivity contribution is 5.79. The van der Waals surface area contributed by atoms with Crippen LogP contribution in [0.15, 0.2) is 24.4 Å². The Hall–Kier alpha value is -2.02. The number of nitriles is 1. The molecule has 0 spiro atoms. The van der Waals surface area contributed by atoms with Crippen LogP contribution in [-0.4, -0.2) is 15.8 Å². The Morgan fingerprint density at radius 1 is 1.47 bits per heavy atom. The molecule has 0 radical (unpaired) electrons. The SMILES string of the molecule is CC(C)(C#N)Oc1ccc2[nH]ncc2c1. The van der Waals surface area contributed by atoms with Crippen molar-refractivity contribution in [1.29, 1.82) is 5.26 Å². The standard InChI is InChI=1S/C11H11N3O/c1-11(2,7-12)15-9-3-4-10-8(5-9)6-13-14-10/h3-6H,1-2H3,(H,13,14). The highest BCUT2D eigenvalue weighted by Crippen LogP contribution is 2.22. The smallest absolute Gasteiger partial charge is 0.188 e. The average Bonchev–Trinajstić information content (AvgIpc) is 2.64. The van der Waals surface area contributed by atoms with Crippen molar-refractivity contribution in [1.82, 2.24) is 10.2 Å². The van der Waals surface area contributed by atoms with Crippen molar-refractivity contribution >= 4 is 10.9 Å². The molecule has 0 bridgehead atoms. The lowest BCUT2D eigenvalue weighted by molar-refractivity contribution is 0.170. The maximum atomic E-state index is 8.84. The third-order valence-corrected chi connectivity index (χ3v) is 2.05. The summed E-state index contributed by atoms with van der Waals surface area (Å²) in [5.74, 6) is 0.676. The lowest BCUT2D eigenvalue weighted by Gasteiger charge is -2.17. The van der Waals surface area contributed by atoms with Crippen LogP contribution in [0.25, 0.3) is 10.9 Å². The predicted molar refractivity (Wildman–Crippen MR) is 56.4 cm³/mol. The van der Waals surface area contributed by atoms with Crippen molar-refractivity contribution in [2.75, 3.05) is 0 Å². The molecule has 1 N–H and O–H groups in total. The fourth-order valence-electron chi connectivity index (χ4n) is 1.30. The first-order valence-electron chi connectivity index (χ1n) is 4.64. The summed E-state index contributed by atoms with van der Waals surface area (Å²) in [5.41, 5.74) is 0.148. The Morgan fingerprint density at radius 2 is 2.27 bits per heavy atom. The predicted octanol–water partition coefficient (Wildman–Crippen LogP) is 2.24. The van der Waals surface area contributed by atoms with Crippen LogP contribution in [0, 0.1) is 11.3 Å². The highest BCUT2D eigenvalue weighted by atomic mass is 16.5. The summed E-state index contributed by atoms with van der Waals surface area (Å²) < 4.78 is 5.53. The zero-order valence-electron chi connectivity index (χ0n) is 8.61. The molecule has 2 aromatic rings. The minimum absolute atomic E-state index is 0.676. The molecule has 76 valence electrons. The maximum absolute atomic E-state index is 8.84. The van der Waals surface area contributed by atoms with Gasteiger partial charge < -0.3 is 4.74 Å². The molecule has 0 atom stereocenters. The molecule has 0 aliphatic heterocycles. The number of aromatic amines is 1. The lowest BCUT2D eigenvalue weighted by Crippen LogP contribution is -2.25. The first-order chi connectivity index (χ1) is 7.11. The molecule has 4 heteroatoms. The summed E-state index contributed by atoms with van der Waals surface area (Å²) in [6.07, 6.45) is 1.72. The fourth-order valence-corrected chi connectivity index (χ4v) is 1.30. The molecule has 15 heavy (non-hydrogen) atoms. The van der Waals surface area contributed by atoms with Crippen LogP contribution in [0.1, 0.15) is 13.8 Å². The van der Waals surface area contributed by atoms with Gasteiger partial charge in [-0.1, -0.05) is 0 Å². The molecule has 0 unspecified atom stereocenters. The van der Waals surface area contributed by atoms with E-state index in [0.717, 1.165) is 10.9 Å². The van der Waals surface area contributed by atoms with E-state index in [1.165, 1.54) is 0 Å². The molecule has 2 rings (SSSR count). The number of rotatable bonds is 2. The van der Waals surface area contributed by atoms with Crippen molar-refractivity contribution < 1.29 is 4.74 Å².